The van der Waals surface area contributed by atoms with E-state index >= 15 is 0 Å². The van der Waals surface area contributed by atoms with Crippen LogP contribution in [0.4, 0.5) is 5.69 Å². The van der Waals surface area contributed by atoms with E-state index in [1.165, 1.54) is 6.92 Å². The summed E-state index contributed by atoms with van der Waals surface area (Å²) < 4.78 is 5.22. The molecule has 3 aromatic rings. The topological polar surface area (TPSA) is 100 Å². The summed E-state index contributed by atoms with van der Waals surface area (Å²) >= 11 is 0. The lowest BCUT2D eigenvalue weighted by Gasteiger charge is -2.15. The van der Waals surface area contributed by atoms with E-state index in [4.69, 9.17) is 4.74 Å². The first-order valence-corrected chi connectivity index (χ1v) is 10.7. The molecule has 0 fully saturated rings. The summed E-state index contributed by atoms with van der Waals surface area (Å²) in [6, 6.07) is 13.7. The highest BCUT2D eigenvalue weighted by molar-refractivity contribution is 5.96. The highest BCUT2D eigenvalue weighted by Gasteiger charge is 2.18. The Balaban J connectivity index is 1.39. The van der Waals surface area contributed by atoms with E-state index in [0.717, 1.165) is 39.7 Å². The van der Waals surface area contributed by atoms with Crippen LogP contribution in [0.15, 0.2) is 48.7 Å². The van der Waals surface area contributed by atoms with E-state index in [0.29, 0.717) is 6.42 Å². The number of aromatic nitrogens is 1. The monoisotopic (exact) mass is 435 g/mol. The molecule has 3 rings (SSSR count). The van der Waals surface area contributed by atoms with E-state index in [1.807, 2.05) is 62.5 Å². The van der Waals surface area contributed by atoms with Crippen LogP contribution in [0.2, 0.25) is 0 Å². The van der Waals surface area contributed by atoms with E-state index in [-0.39, 0.29) is 18.9 Å². The second-order valence-corrected chi connectivity index (χ2v) is 7.88. The van der Waals surface area contributed by atoms with Crippen molar-refractivity contribution in [2.75, 3.05) is 11.9 Å². The van der Waals surface area contributed by atoms with Crippen molar-refractivity contribution < 1.29 is 19.1 Å². The van der Waals surface area contributed by atoms with Crippen LogP contribution in [-0.4, -0.2) is 35.4 Å². The van der Waals surface area contributed by atoms with Gasteiger partial charge in [-0.05, 0) is 56.4 Å². The van der Waals surface area contributed by atoms with Crippen LogP contribution in [0.1, 0.15) is 36.5 Å². The molecule has 0 spiro atoms. The number of nitrogens with one attached hydrogen (secondary N) is 3. The number of fused-ring (bicyclic) bond motifs is 1. The van der Waals surface area contributed by atoms with Gasteiger partial charge in [0.1, 0.15) is 0 Å². The van der Waals surface area contributed by atoms with Crippen LogP contribution >= 0.6 is 0 Å². The van der Waals surface area contributed by atoms with Crippen molar-refractivity contribution in [2.45, 2.75) is 46.1 Å². The van der Waals surface area contributed by atoms with Gasteiger partial charge >= 0.3 is 5.97 Å². The number of anilines is 1. The fourth-order valence-electron chi connectivity index (χ4n) is 3.58. The molecule has 7 heteroatoms. The average molecular weight is 436 g/mol. The molecule has 0 saturated carbocycles. The van der Waals surface area contributed by atoms with Gasteiger partial charge in [0.05, 0.1) is 6.54 Å². The number of aryl methyl sites for hydroxylation is 3. The van der Waals surface area contributed by atoms with Gasteiger partial charge in [-0.3, -0.25) is 14.4 Å². The molecule has 0 bridgehead atoms. The summed E-state index contributed by atoms with van der Waals surface area (Å²) in [5.41, 5.74) is 4.84. The van der Waals surface area contributed by atoms with Crippen LogP contribution in [0.25, 0.3) is 10.9 Å². The molecule has 0 aliphatic heterocycles. The lowest BCUT2D eigenvalue weighted by Crippen LogP contribution is -2.40. The number of amides is 2. The quantitative estimate of drug-likeness (QED) is 0.445. The normalized spacial score (nSPS) is 11.7. The number of ether oxygens (including phenoxy) is 1. The second-order valence-electron chi connectivity index (χ2n) is 7.88. The van der Waals surface area contributed by atoms with Crippen molar-refractivity contribution in [1.82, 2.24) is 10.3 Å². The number of carbonyl (C=O) groups is 3. The summed E-state index contributed by atoms with van der Waals surface area (Å²) in [6.45, 7) is 5.11. The zero-order valence-electron chi connectivity index (χ0n) is 18.7. The number of benzene rings is 2. The van der Waals surface area contributed by atoms with Crippen molar-refractivity contribution in [1.29, 1.82) is 0 Å². The lowest BCUT2D eigenvalue weighted by molar-refractivity contribution is -0.154. The van der Waals surface area contributed by atoms with Crippen molar-refractivity contribution in [3.8, 4) is 0 Å². The molecule has 0 saturated heterocycles. The molecule has 1 atom stereocenters. The number of aromatic amines is 1. The van der Waals surface area contributed by atoms with Gasteiger partial charge in [0.2, 0.25) is 5.91 Å². The average Bonchev–Trinajstić information content (AvgIpc) is 3.18. The Labute approximate surface area is 187 Å². The Bertz CT molecular complexity index is 1100. The summed E-state index contributed by atoms with van der Waals surface area (Å²) in [6.07, 6.45) is 2.55. The summed E-state index contributed by atoms with van der Waals surface area (Å²) in [4.78, 5) is 39.7. The van der Waals surface area contributed by atoms with Gasteiger partial charge in [0.15, 0.2) is 6.10 Å². The summed E-state index contributed by atoms with van der Waals surface area (Å²) in [5, 5.41) is 6.46. The number of rotatable bonds is 9. The van der Waals surface area contributed by atoms with Crippen molar-refractivity contribution in [3.63, 3.8) is 0 Å². The second kappa shape index (κ2) is 10.6. The zero-order chi connectivity index (χ0) is 23.1. The maximum absolute atomic E-state index is 12.2. The van der Waals surface area contributed by atoms with E-state index in [9.17, 15) is 14.4 Å². The predicted molar refractivity (Wildman–Crippen MR) is 124 cm³/mol. The minimum absolute atomic E-state index is 0.199. The number of H-pyrrole nitrogens is 1. The third kappa shape index (κ3) is 5.97. The molecule has 168 valence electrons. The third-order valence-electron chi connectivity index (χ3n) is 5.35. The maximum Gasteiger partial charge on any atom is 0.306 e. The van der Waals surface area contributed by atoms with Crippen LogP contribution in [-0.2, 0) is 25.5 Å². The lowest BCUT2D eigenvalue weighted by atomic mass is 10.1. The third-order valence-corrected chi connectivity index (χ3v) is 5.35. The van der Waals surface area contributed by atoms with Crippen LogP contribution in [0.5, 0.6) is 0 Å². The Morgan fingerprint density at radius 1 is 1.03 bits per heavy atom. The summed E-state index contributed by atoms with van der Waals surface area (Å²) in [7, 11) is 0. The first-order chi connectivity index (χ1) is 15.3. The van der Waals surface area contributed by atoms with Crippen molar-refractivity contribution in [2.24, 2.45) is 0 Å². The minimum Gasteiger partial charge on any atom is -0.453 e. The Kier molecular flexibility index (Phi) is 7.65. The molecule has 0 radical (unpaired) electrons. The molecule has 32 heavy (non-hydrogen) atoms. The fourth-order valence-corrected chi connectivity index (χ4v) is 3.58. The Morgan fingerprint density at radius 2 is 1.75 bits per heavy atom. The van der Waals surface area contributed by atoms with Crippen molar-refractivity contribution in [3.05, 3.63) is 65.4 Å². The molecule has 0 aliphatic carbocycles. The van der Waals surface area contributed by atoms with Gasteiger partial charge in [0.25, 0.3) is 5.91 Å². The maximum atomic E-state index is 12.2. The predicted octanol–water partition coefficient (Wildman–Crippen LogP) is 3.79. The molecular weight excluding hydrogens is 406 g/mol. The van der Waals surface area contributed by atoms with E-state index in [2.05, 4.69) is 15.6 Å². The van der Waals surface area contributed by atoms with Gasteiger partial charge in [-0.15, -0.1) is 0 Å². The van der Waals surface area contributed by atoms with Crippen molar-refractivity contribution >= 4 is 34.4 Å². The number of para-hydroxylation sites is 2. The fraction of sp³-hybridized carbons (Fsp3) is 0.320. The molecule has 1 unspecified atom stereocenters. The highest BCUT2D eigenvalue weighted by atomic mass is 16.5. The Morgan fingerprint density at radius 3 is 2.50 bits per heavy atom. The standard InChI is InChI=1S/C25H29N3O4/c1-16-8-6-9-17(2)24(16)28-22(29)15-27-25(31)18(3)32-23(30)13-7-10-19-14-26-21-12-5-4-11-20(19)21/h4-6,8-9,11-12,14,18,26H,7,10,13,15H2,1-3H3,(H,27,31)(H,28,29). The molecule has 2 aromatic carbocycles. The number of hydrogen-bond donors (Lipinski definition) is 3. The molecule has 1 heterocycles. The Hall–Kier alpha value is -3.61. The van der Waals surface area contributed by atoms with E-state index in [1.54, 1.807) is 0 Å². The molecular formula is C25H29N3O4. The largest absolute Gasteiger partial charge is 0.453 e. The molecule has 3 N–H and O–H groups in total. The summed E-state index contributed by atoms with van der Waals surface area (Å²) in [5.74, 6) is -1.29. The molecule has 2 amide bonds. The molecule has 7 nitrogen and oxygen atoms in total. The number of esters is 1. The SMILES string of the molecule is Cc1cccc(C)c1NC(=O)CNC(=O)C(C)OC(=O)CCCc1c[nH]c2ccccc12. The van der Waals surface area contributed by atoms with Crippen LogP contribution in [0.3, 0.4) is 0 Å². The highest BCUT2D eigenvalue weighted by Crippen LogP contribution is 2.20. The van der Waals surface area contributed by atoms with Gasteiger partial charge in [-0.1, -0.05) is 36.4 Å². The van der Waals surface area contributed by atoms with Crippen LogP contribution in [0, 0.1) is 13.8 Å². The number of hydrogen-bond acceptors (Lipinski definition) is 4. The number of carbonyl (C=O) groups excluding carboxylic acids is 3. The first kappa shape index (κ1) is 23.1. The van der Waals surface area contributed by atoms with Crippen LogP contribution < -0.4 is 10.6 Å². The first-order valence-electron chi connectivity index (χ1n) is 10.7. The molecule has 0 aliphatic rings. The van der Waals surface area contributed by atoms with E-state index < -0.39 is 18.0 Å². The van der Waals surface area contributed by atoms with Gasteiger partial charge < -0.3 is 20.4 Å². The zero-order valence-corrected chi connectivity index (χ0v) is 18.7. The van der Waals surface area contributed by atoms with Gasteiger partial charge in [0, 0.05) is 29.2 Å². The van der Waals surface area contributed by atoms with Gasteiger partial charge in [-0.25, -0.2) is 0 Å². The molecule has 1 aromatic heterocycles. The van der Waals surface area contributed by atoms with Gasteiger partial charge in [-0.2, -0.15) is 0 Å². The minimum atomic E-state index is -0.969. The smallest absolute Gasteiger partial charge is 0.306 e.